The SMILES string of the molecule is CNC(=O)c1ccc(S(=O)(=O)NC[C@@H](O)C[C@@H](Cc2ccccc2)C(=O)N[C@H]2c3ccccc3C[C@H]2O)cc1. The highest BCUT2D eigenvalue weighted by Gasteiger charge is 2.34. The van der Waals surface area contributed by atoms with E-state index in [1.54, 1.807) is 0 Å². The van der Waals surface area contributed by atoms with Crippen LogP contribution in [0.2, 0.25) is 0 Å². The Kier molecular flexibility index (Phi) is 9.13. The molecule has 0 aromatic heterocycles. The Hall–Kier alpha value is -3.57. The summed E-state index contributed by atoms with van der Waals surface area (Å²) in [6, 6.07) is 21.8. The van der Waals surface area contributed by atoms with Gasteiger partial charge in [-0.3, -0.25) is 9.59 Å². The van der Waals surface area contributed by atoms with Crippen LogP contribution in [0.3, 0.4) is 0 Å². The molecule has 0 radical (unpaired) electrons. The minimum atomic E-state index is -3.95. The highest BCUT2D eigenvalue weighted by Crippen LogP contribution is 2.32. The second-order valence-corrected chi connectivity index (χ2v) is 11.5. The molecule has 0 saturated heterocycles. The van der Waals surface area contributed by atoms with Gasteiger partial charge in [0.15, 0.2) is 0 Å². The Labute approximate surface area is 228 Å². The lowest BCUT2D eigenvalue weighted by Gasteiger charge is -2.24. The summed E-state index contributed by atoms with van der Waals surface area (Å²) >= 11 is 0. The lowest BCUT2D eigenvalue weighted by Crippen LogP contribution is -2.41. The minimum Gasteiger partial charge on any atom is -0.392 e. The van der Waals surface area contributed by atoms with Crippen LogP contribution in [0, 0.1) is 5.92 Å². The lowest BCUT2D eigenvalue weighted by atomic mass is 9.92. The molecular weight excluding hydrogens is 518 g/mol. The second kappa shape index (κ2) is 12.5. The van der Waals surface area contributed by atoms with E-state index < -0.39 is 34.2 Å². The molecule has 1 aliphatic carbocycles. The van der Waals surface area contributed by atoms with Crippen molar-refractivity contribution < 1.29 is 28.2 Å². The Bertz CT molecular complexity index is 1400. The van der Waals surface area contributed by atoms with E-state index in [0.29, 0.717) is 18.4 Å². The van der Waals surface area contributed by atoms with Gasteiger partial charge in [0.05, 0.1) is 23.1 Å². The molecule has 1 aliphatic rings. The molecule has 0 spiro atoms. The zero-order valence-corrected chi connectivity index (χ0v) is 22.4. The van der Waals surface area contributed by atoms with Gasteiger partial charge in [-0.1, -0.05) is 54.6 Å². The van der Waals surface area contributed by atoms with Gasteiger partial charge < -0.3 is 20.8 Å². The van der Waals surface area contributed by atoms with Crippen LogP contribution in [0.25, 0.3) is 0 Å². The number of nitrogens with one attached hydrogen (secondary N) is 3. The van der Waals surface area contributed by atoms with E-state index in [4.69, 9.17) is 0 Å². The Morgan fingerprint density at radius 3 is 2.33 bits per heavy atom. The molecule has 5 N–H and O–H groups in total. The van der Waals surface area contributed by atoms with Gasteiger partial charge in [-0.05, 0) is 53.8 Å². The topological polar surface area (TPSA) is 145 Å². The number of amides is 2. The Balaban J connectivity index is 1.43. The molecule has 206 valence electrons. The largest absolute Gasteiger partial charge is 0.392 e. The molecule has 4 rings (SSSR count). The molecule has 0 aliphatic heterocycles. The van der Waals surface area contributed by atoms with Crippen LogP contribution in [0.5, 0.6) is 0 Å². The van der Waals surface area contributed by atoms with Crippen LogP contribution in [0.15, 0.2) is 83.8 Å². The summed E-state index contributed by atoms with van der Waals surface area (Å²) in [7, 11) is -2.47. The number of rotatable bonds is 11. The zero-order valence-electron chi connectivity index (χ0n) is 21.6. The Morgan fingerprint density at radius 2 is 1.64 bits per heavy atom. The molecule has 10 heteroatoms. The van der Waals surface area contributed by atoms with Gasteiger partial charge in [0.1, 0.15) is 0 Å². The summed E-state index contributed by atoms with van der Waals surface area (Å²) < 4.78 is 27.9. The number of hydrogen-bond acceptors (Lipinski definition) is 6. The molecule has 4 atom stereocenters. The van der Waals surface area contributed by atoms with Crippen molar-refractivity contribution in [3.63, 3.8) is 0 Å². The molecule has 0 unspecified atom stereocenters. The van der Waals surface area contributed by atoms with E-state index in [0.717, 1.165) is 16.7 Å². The minimum absolute atomic E-state index is 0.00329. The summed E-state index contributed by atoms with van der Waals surface area (Å²) in [5.74, 6) is -1.33. The van der Waals surface area contributed by atoms with Crippen LogP contribution in [-0.4, -0.2) is 56.2 Å². The third kappa shape index (κ3) is 7.10. The molecule has 2 amide bonds. The standard InChI is InChI=1S/C29H33N3O6S/c1-30-28(35)20-11-13-24(14-12-20)39(37,38)31-18-23(33)16-22(15-19-7-3-2-4-8-19)29(36)32-27-25-10-6-5-9-21(25)17-26(27)34/h2-14,22-23,26-27,31,33-34H,15-18H2,1H3,(H,30,35)(H,32,36)/t22-,23+,26-,27+/m1/s1. The van der Waals surface area contributed by atoms with Crippen molar-refractivity contribution in [2.75, 3.05) is 13.6 Å². The fourth-order valence-corrected chi connectivity index (χ4v) is 5.90. The van der Waals surface area contributed by atoms with Crippen LogP contribution in [0.1, 0.15) is 39.5 Å². The first kappa shape index (κ1) is 28.4. The number of fused-ring (bicyclic) bond motifs is 1. The van der Waals surface area contributed by atoms with Crippen LogP contribution in [0.4, 0.5) is 0 Å². The van der Waals surface area contributed by atoms with E-state index in [9.17, 15) is 28.2 Å². The summed E-state index contributed by atoms with van der Waals surface area (Å²) in [4.78, 5) is 25.1. The number of carbonyl (C=O) groups excluding carboxylic acids is 2. The maximum absolute atomic E-state index is 13.4. The normalized spacial score (nSPS) is 18.1. The number of carbonyl (C=O) groups is 2. The highest BCUT2D eigenvalue weighted by molar-refractivity contribution is 7.89. The third-order valence-electron chi connectivity index (χ3n) is 6.92. The van der Waals surface area contributed by atoms with Gasteiger partial charge in [-0.15, -0.1) is 0 Å². The summed E-state index contributed by atoms with van der Waals surface area (Å²) in [5.41, 5.74) is 3.07. The average Bonchev–Trinajstić information content (AvgIpc) is 3.26. The van der Waals surface area contributed by atoms with Crippen molar-refractivity contribution in [1.82, 2.24) is 15.4 Å². The fourth-order valence-electron chi connectivity index (χ4n) is 4.83. The molecule has 9 nitrogen and oxygen atoms in total. The van der Waals surface area contributed by atoms with Crippen molar-refractivity contribution in [2.45, 2.75) is 42.4 Å². The van der Waals surface area contributed by atoms with Crippen molar-refractivity contribution in [1.29, 1.82) is 0 Å². The predicted molar refractivity (Wildman–Crippen MR) is 146 cm³/mol. The molecule has 0 saturated carbocycles. The molecule has 0 heterocycles. The van der Waals surface area contributed by atoms with Gasteiger partial charge in [0.2, 0.25) is 15.9 Å². The number of benzene rings is 3. The van der Waals surface area contributed by atoms with E-state index in [1.807, 2.05) is 54.6 Å². The lowest BCUT2D eigenvalue weighted by molar-refractivity contribution is -0.127. The maximum Gasteiger partial charge on any atom is 0.251 e. The molecule has 3 aromatic carbocycles. The van der Waals surface area contributed by atoms with Crippen molar-refractivity contribution in [3.8, 4) is 0 Å². The van der Waals surface area contributed by atoms with Gasteiger partial charge in [0.25, 0.3) is 5.91 Å². The number of aliphatic hydroxyl groups excluding tert-OH is 2. The monoisotopic (exact) mass is 551 g/mol. The second-order valence-electron chi connectivity index (χ2n) is 9.69. The quantitative estimate of drug-likeness (QED) is 0.245. The average molecular weight is 552 g/mol. The van der Waals surface area contributed by atoms with E-state index in [1.165, 1.54) is 31.3 Å². The summed E-state index contributed by atoms with van der Waals surface area (Å²) in [5, 5.41) is 26.8. The highest BCUT2D eigenvalue weighted by atomic mass is 32.2. The van der Waals surface area contributed by atoms with Crippen LogP contribution in [-0.2, 0) is 27.7 Å². The first-order chi connectivity index (χ1) is 18.7. The predicted octanol–water partition coefficient (Wildman–Crippen LogP) is 1.71. The maximum atomic E-state index is 13.4. The van der Waals surface area contributed by atoms with Gasteiger partial charge in [0, 0.05) is 31.5 Å². The Morgan fingerprint density at radius 1 is 0.974 bits per heavy atom. The van der Waals surface area contributed by atoms with Crippen molar-refractivity contribution >= 4 is 21.8 Å². The number of hydrogen-bond donors (Lipinski definition) is 5. The smallest absolute Gasteiger partial charge is 0.251 e. The fraction of sp³-hybridized carbons (Fsp3) is 0.310. The zero-order chi connectivity index (χ0) is 28.0. The van der Waals surface area contributed by atoms with Crippen molar-refractivity contribution in [2.24, 2.45) is 5.92 Å². The molecular formula is C29H33N3O6S. The van der Waals surface area contributed by atoms with Gasteiger partial charge in [-0.2, -0.15) is 0 Å². The molecule has 3 aromatic rings. The number of sulfonamides is 1. The van der Waals surface area contributed by atoms with Crippen molar-refractivity contribution in [3.05, 3.63) is 101 Å². The molecule has 39 heavy (non-hydrogen) atoms. The van der Waals surface area contributed by atoms with E-state index in [-0.39, 0.29) is 29.7 Å². The molecule has 0 bridgehead atoms. The van der Waals surface area contributed by atoms with Gasteiger partial charge >= 0.3 is 0 Å². The molecule has 0 fully saturated rings. The summed E-state index contributed by atoms with van der Waals surface area (Å²) in [6.45, 7) is -0.299. The van der Waals surface area contributed by atoms with Crippen LogP contribution >= 0.6 is 0 Å². The first-order valence-corrected chi connectivity index (χ1v) is 14.3. The number of aliphatic hydroxyl groups is 2. The third-order valence-corrected chi connectivity index (χ3v) is 8.36. The summed E-state index contributed by atoms with van der Waals surface area (Å²) in [6.07, 6.45) is -1.12. The van der Waals surface area contributed by atoms with E-state index >= 15 is 0 Å². The van der Waals surface area contributed by atoms with E-state index in [2.05, 4.69) is 15.4 Å². The first-order valence-electron chi connectivity index (χ1n) is 12.8. The van der Waals surface area contributed by atoms with Gasteiger partial charge in [-0.25, -0.2) is 13.1 Å². The van der Waals surface area contributed by atoms with Crippen LogP contribution < -0.4 is 15.4 Å².